The van der Waals surface area contributed by atoms with E-state index < -0.39 is 0 Å². The van der Waals surface area contributed by atoms with Crippen LogP contribution in [0.15, 0.2) is 30.5 Å². The minimum atomic E-state index is -0.191. The molecular formula is C15H19N3O2. The van der Waals surface area contributed by atoms with Gasteiger partial charge in [-0.3, -0.25) is 9.59 Å². The largest absolute Gasteiger partial charge is 0.323 e. The highest BCUT2D eigenvalue weighted by Gasteiger charge is 2.15. The minimum Gasteiger partial charge on any atom is -0.323 e. The van der Waals surface area contributed by atoms with E-state index in [-0.39, 0.29) is 11.8 Å². The normalized spacial score (nSPS) is 17.6. The van der Waals surface area contributed by atoms with E-state index in [1.165, 1.54) is 6.92 Å². The lowest BCUT2D eigenvalue weighted by Crippen LogP contribution is -2.19. The number of rotatable bonds is 4. The highest BCUT2D eigenvalue weighted by atomic mass is 16.2. The topological polar surface area (TPSA) is 71.1 Å². The fourth-order valence-corrected chi connectivity index (χ4v) is 2.27. The molecule has 0 aromatic carbocycles. The third kappa shape index (κ3) is 4.19. The molecule has 0 aliphatic heterocycles. The van der Waals surface area contributed by atoms with Crippen LogP contribution in [-0.4, -0.2) is 16.8 Å². The van der Waals surface area contributed by atoms with Crippen molar-refractivity contribution in [2.24, 2.45) is 5.92 Å². The molecule has 20 heavy (non-hydrogen) atoms. The molecule has 0 saturated carbocycles. The second kappa shape index (κ2) is 6.84. The number of nitrogens with one attached hydrogen (secondary N) is 2. The van der Waals surface area contributed by atoms with Crippen molar-refractivity contribution in [3.63, 3.8) is 0 Å². The van der Waals surface area contributed by atoms with Gasteiger partial charge >= 0.3 is 0 Å². The van der Waals surface area contributed by atoms with Gasteiger partial charge < -0.3 is 10.6 Å². The number of amides is 2. The molecule has 1 aromatic rings. The van der Waals surface area contributed by atoms with Crippen LogP contribution < -0.4 is 10.6 Å². The van der Waals surface area contributed by atoms with E-state index in [1.807, 2.05) is 0 Å². The van der Waals surface area contributed by atoms with Crippen molar-refractivity contribution in [2.45, 2.75) is 32.6 Å². The summed E-state index contributed by atoms with van der Waals surface area (Å²) >= 11 is 0. The summed E-state index contributed by atoms with van der Waals surface area (Å²) < 4.78 is 0. The standard InChI is InChI=1S/C15H19N3O2/c1-11(19)17-13-8-5-9-16-15(13)18-14(20)10-12-6-3-2-4-7-12/h3,5-6,8-9,12H,2,4,7,10H2,1H3,(H,17,19)(H,16,18,20)/t12-/m1/s1. The highest BCUT2D eigenvalue weighted by Crippen LogP contribution is 2.22. The van der Waals surface area contributed by atoms with Crippen LogP contribution in [-0.2, 0) is 9.59 Å². The molecule has 0 unspecified atom stereocenters. The Morgan fingerprint density at radius 2 is 2.25 bits per heavy atom. The first-order valence-corrected chi connectivity index (χ1v) is 6.84. The van der Waals surface area contributed by atoms with Gasteiger partial charge in [-0.15, -0.1) is 0 Å². The van der Waals surface area contributed by atoms with Gasteiger partial charge in [0.05, 0.1) is 5.69 Å². The summed E-state index contributed by atoms with van der Waals surface area (Å²) in [4.78, 5) is 27.2. The number of carbonyl (C=O) groups excluding carboxylic acids is 2. The molecule has 1 atom stereocenters. The molecule has 0 spiro atoms. The van der Waals surface area contributed by atoms with Gasteiger partial charge in [0, 0.05) is 19.5 Å². The fraction of sp³-hybridized carbons (Fsp3) is 0.400. The summed E-state index contributed by atoms with van der Waals surface area (Å²) in [6, 6.07) is 3.43. The molecule has 1 heterocycles. The van der Waals surface area contributed by atoms with E-state index in [0.717, 1.165) is 19.3 Å². The predicted octanol–water partition coefficient (Wildman–Crippen LogP) is 2.72. The van der Waals surface area contributed by atoms with Crippen LogP contribution in [0, 0.1) is 5.92 Å². The summed E-state index contributed by atoms with van der Waals surface area (Å²) in [5.41, 5.74) is 0.521. The average molecular weight is 273 g/mol. The first kappa shape index (κ1) is 14.2. The van der Waals surface area contributed by atoms with Crippen LogP contribution in [0.25, 0.3) is 0 Å². The first-order valence-electron chi connectivity index (χ1n) is 6.84. The van der Waals surface area contributed by atoms with Gasteiger partial charge in [0.2, 0.25) is 11.8 Å². The van der Waals surface area contributed by atoms with E-state index in [9.17, 15) is 9.59 Å². The molecule has 0 fully saturated rings. The van der Waals surface area contributed by atoms with Gasteiger partial charge in [-0.1, -0.05) is 12.2 Å². The predicted molar refractivity (Wildman–Crippen MR) is 78.3 cm³/mol. The molecule has 5 nitrogen and oxygen atoms in total. The Hall–Kier alpha value is -2.17. The van der Waals surface area contributed by atoms with Gasteiger partial charge in [-0.2, -0.15) is 0 Å². The lowest BCUT2D eigenvalue weighted by Gasteiger charge is -2.16. The van der Waals surface area contributed by atoms with Crippen molar-refractivity contribution in [3.8, 4) is 0 Å². The van der Waals surface area contributed by atoms with Crippen molar-refractivity contribution >= 4 is 23.3 Å². The number of hydrogen-bond donors (Lipinski definition) is 2. The zero-order valence-electron chi connectivity index (χ0n) is 11.6. The maximum absolute atomic E-state index is 12.0. The molecule has 0 saturated heterocycles. The van der Waals surface area contributed by atoms with Gasteiger partial charge in [0.15, 0.2) is 5.82 Å². The van der Waals surface area contributed by atoms with E-state index in [0.29, 0.717) is 23.8 Å². The number of hydrogen-bond acceptors (Lipinski definition) is 3. The lowest BCUT2D eigenvalue weighted by molar-refractivity contribution is -0.117. The Morgan fingerprint density at radius 1 is 1.40 bits per heavy atom. The second-order valence-corrected chi connectivity index (χ2v) is 4.95. The van der Waals surface area contributed by atoms with E-state index in [1.54, 1.807) is 18.3 Å². The highest BCUT2D eigenvalue weighted by molar-refractivity contribution is 5.97. The Morgan fingerprint density at radius 3 is 2.95 bits per heavy atom. The first-order chi connectivity index (χ1) is 9.65. The molecule has 2 N–H and O–H groups in total. The fourth-order valence-electron chi connectivity index (χ4n) is 2.27. The quantitative estimate of drug-likeness (QED) is 0.829. The SMILES string of the molecule is CC(=O)Nc1cccnc1NC(=O)C[C@@H]1C=CCCC1. The Labute approximate surface area is 118 Å². The van der Waals surface area contributed by atoms with Crippen LogP contribution >= 0.6 is 0 Å². The van der Waals surface area contributed by atoms with Crippen molar-refractivity contribution in [3.05, 3.63) is 30.5 Å². The third-order valence-corrected chi connectivity index (χ3v) is 3.18. The summed E-state index contributed by atoms with van der Waals surface area (Å²) in [5.74, 6) is 0.430. The van der Waals surface area contributed by atoms with E-state index >= 15 is 0 Å². The van der Waals surface area contributed by atoms with Crippen LogP contribution in [0.3, 0.4) is 0 Å². The smallest absolute Gasteiger partial charge is 0.226 e. The lowest BCUT2D eigenvalue weighted by atomic mass is 9.93. The van der Waals surface area contributed by atoms with Gasteiger partial charge in [0.1, 0.15) is 0 Å². The second-order valence-electron chi connectivity index (χ2n) is 4.95. The summed E-state index contributed by atoms with van der Waals surface area (Å²) in [7, 11) is 0. The Balaban J connectivity index is 1.98. The minimum absolute atomic E-state index is 0.0770. The van der Waals surface area contributed by atoms with Crippen molar-refractivity contribution < 1.29 is 9.59 Å². The third-order valence-electron chi connectivity index (χ3n) is 3.18. The molecule has 1 aliphatic carbocycles. The van der Waals surface area contributed by atoms with Crippen LogP contribution in [0.5, 0.6) is 0 Å². The number of aromatic nitrogens is 1. The summed E-state index contributed by atoms with van der Waals surface area (Å²) in [6.07, 6.45) is 9.56. The van der Waals surface area contributed by atoms with Gasteiger partial charge in [-0.05, 0) is 37.3 Å². The zero-order valence-corrected chi connectivity index (χ0v) is 11.6. The Kier molecular flexibility index (Phi) is 4.87. The maximum atomic E-state index is 12.0. The van der Waals surface area contributed by atoms with Crippen molar-refractivity contribution in [1.29, 1.82) is 0 Å². The molecular weight excluding hydrogens is 254 g/mol. The molecule has 1 aliphatic rings. The summed E-state index contributed by atoms with van der Waals surface area (Å²) in [5, 5.41) is 5.42. The Bertz CT molecular complexity index is 526. The average Bonchev–Trinajstić information content (AvgIpc) is 2.41. The molecule has 2 rings (SSSR count). The molecule has 0 radical (unpaired) electrons. The van der Waals surface area contributed by atoms with Crippen LogP contribution in [0.1, 0.15) is 32.6 Å². The number of carbonyl (C=O) groups is 2. The zero-order chi connectivity index (χ0) is 14.4. The molecule has 5 heteroatoms. The molecule has 106 valence electrons. The monoisotopic (exact) mass is 273 g/mol. The number of allylic oxidation sites excluding steroid dienone is 2. The van der Waals surface area contributed by atoms with Crippen LogP contribution in [0.2, 0.25) is 0 Å². The molecule has 2 amide bonds. The number of nitrogens with zero attached hydrogens (tertiary/aromatic N) is 1. The van der Waals surface area contributed by atoms with Crippen molar-refractivity contribution in [2.75, 3.05) is 10.6 Å². The maximum Gasteiger partial charge on any atom is 0.226 e. The summed E-state index contributed by atoms with van der Waals surface area (Å²) in [6.45, 7) is 1.42. The number of pyridine rings is 1. The van der Waals surface area contributed by atoms with Crippen LogP contribution in [0.4, 0.5) is 11.5 Å². The van der Waals surface area contributed by atoms with E-state index in [4.69, 9.17) is 0 Å². The van der Waals surface area contributed by atoms with Gasteiger partial charge in [0.25, 0.3) is 0 Å². The number of anilines is 2. The van der Waals surface area contributed by atoms with Crippen molar-refractivity contribution in [1.82, 2.24) is 4.98 Å². The van der Waals surface area contributed by atoms with E-state index in [2.05, 4.69) is 27.8 Å². The molecule has 1 aromatic heterocycles. The van der Waals surface area contributed by atoms with Gasteiger partial charge in [-0.25, -0.2) is 4.98 Å². The molecule has 0 bridgehead atoms.